The molecular weight excluding hydrogens is 262 g/mol. The summed E-state index contributed by atoms with van der Waals surface area (Å²) in [6.45, 7) is 0. The minimum atomic E-state index is -0.692. The molecule has 94 valence electrons. The van der Waals surface area contributed by atoms with Crippen LogP contribution in [0.15, 0.2) is 23.6 Å². The molecule has 7 heteroatoms. The zero-order valence-corrected chi connectivity index (χ0v) is 10.1. The summed E-state index contributed by atoms with van der Waals surface area (Å²) >= 11 is 1.13. The molecule has 0 aliphatic carbocycles. The number of carbonyl (C=O) groups is 1. The predicted molar refractivity (Wildman–Crippen MR) is 63.1 cm³/mol. The van der Waals surface area contributed by atoms with E-state index >= 15 is 0 Å². The third-order valence-electron chi connectivity index (χ3n) is 2.01. The number of ether oxygens (including phenoxy) is 1. The lowest BCUT2D eigenvalue weighted by atomic mass is 10.3. The summed E-state index contributed by atoms with van der Waals surface area (Å²) in [4.78, 5) is 15.1. The van der Waals surface area contributed by atoms with Crippen molar-refractivity contribution in [2.75, 3.05) is 12.4 Å². The number of rotatable bonds is 3. The minimum Gasteiger partial charge on any atom is -0.464 e. The Morgan fingerprint density at radius 1 is 1.33 bits per heavy atom. The molecule has 4 nitrogen and oxygen atoms in total. The van der Waals surface area contributed by atoms with Crippen LogP contribution in [0.25, 0.3) is 0 Å². The summed E-state index contributed by atoms with van der Waals surface area (Å²) in [7, 11) is 1.25. The average Bonchev–Trinajstić information content (AvgIpc) is 2.75. The van der Waals surface area contributed by atoms with E-state index in [0.717, 1.165) is 29.5 Å². The molecule has 1 aromatic carbocycles. The maximum Gasteiger partial charge on any atom is 0.357 e. The second-order valence-electron chi connectivity index (χ2n) is 3.31. The quantitative estimate of drug-likeness (QED) is 0.871. The lowest BCUT2D eigenvalue weighted by molar-refractivity contribution is 0.0595. The minimum absolute atomic E-state index is 0.141. The SMILES string of the molecule is COC(=O)c1csc(Nc2cc(F)cc(F)c2)n1. The lowest BCUT2D eigenvalue weighted by Gasteiger charge is -2.02. The third kappa shape index (κ3) is 2.80. The van der Waals surface area contributed by atoms with E-state index in [2.05, 4.69) is 15.0 Å². The van der Waals surface area contributed by atoms with Gasteiger partial charge in [0.1, 0.15) is 11.6 Å². The highest BCUT2D eigenvalue weighted by Gasteiger charge is 2.11. The number of benzene rings is 1. The topological polar surface area (TPSA) is 51.2 Å². The first-order valence-electron chi connectivity index (χ1n) is 4.85. The van der Waals surface area contributed by atoms with Crippen molar-refractivity contribution < 1.29 is 18.3 Å². The highest BCUT2D eigenvalue weighted by Crippen LogP contribution is 2.22. The second-order valence-corrected chi connectivity index (χ2v) is 4.17. The molecule has 0 aliphatic rings. The van der Waals surface area contributed by atoms with Crippen LogP contribution in [0.3, 0.4) is 0 Å². The van der Waals surface area contributed by atoms with Crippen molar-refractivity contribution in [1.82, 2.24) is 4.98 Å². The molecule has 18 heavy (non-hydrogen) atoms. The van der Waals surface area contributed by atoms with Gasteiger partial charge in [-0.2, -0.15) is 0 Å². The summed E-state index contributed by atoms with van der Waals surface area (Å²) in [5.41, 5.74) is 0.361. The Hall–Kier alpha value is -2.02. The zero-order chi connectivity index (χ0) is 13.1. The van der Waals surface area contributed by atoms with Gasteiger partial charge in [0.2, 0.25) is 0 Å². The van der Waals surface area contributed by atoms with Crippen molar-refractivity contribution in [3.8, 4) is 0 Å². The smallest absolute Gasteiger partial charge is 0.357 e. The van der Waals surface area contributed by atoms with Crippen molar-refractivity contribution in [2.45, 2.75) is 0 Å². The maximum absolute atomic E-state index is 12.9. The normalized spacial score (nSPS) is 10.2. The van der Waals surface area contributed by atoms with Crippen molar-refractivity contribution in [1.29, 1.82) is 0 Å². The Morgan fingerprint density at radius 3 is 2.61 bits per heavy atom. The van der Waals surface area contributed by atoms with E-state index in [1.165, 1.54) is 12.5 Å². The van der Waals surface area contributed by atoms with Crippen LogP contribution in [0.2, 0.25) is 0 Å². The molecule has 1 N–H and O–H groups in total. The van der Waals surface area contributed by atoms with E-state index in [1.54, 1.807) is 0 Å². The van der Waals surface area contributed by atoms with Crippen molar-refractivity contribution in [3.05, 3.63) is 40.9 Å². The van der Waals surface area contributed by atoms with Crippen molar-refractivity contribution >= 4 is 28.1 Å². The van der Waals surface area contributed by atoms with Crippen molar-refractivity contribution in [2.24, 2.45) is 0 Å². The van der Waals surface area contributed by atoms with Crippen molar-refractivity contribution in [3.63, 3.8) is 0 Å². The molecule has 0 spiro atoms. The Morgan fingerprint density at radius 2 is 2.00 bits per heavy atom. The fourth-order valence-electron chi connectivity index (χ4n) is 1.28. The second kappa shape index (κ2) is 5.09. The van der Waals surface area contributed by atoms with Gasteiger partial charge in [0.15, 0.2) is 10.8 Å². The van der Waals surface area contributed by atoms with E-state index in [0.29, 0.717) is 5.13 Å². The molecule has 0 fully saturated rings. The van der Waals surface area contributed by atoms with Crippen LogP contribution >= 0.6 is 11.3 Å². The van der Waals surface area contributed by atoms with Gasteiger partial charge in [-0.3, -0.25) is 0 Å². The van der Waals surface area contributed by atoms with E-state index in [4.69, 9.17) is 0 Å². The summed E-state index contributed by atoms with van der Waals surface area (Å²) in [6, 6.07) is 3.03. The summed E-state index contributed by atoms with van der Waals surface area (Å²) in [5, 5.41) is 4.54. The molecule has 1 aromatic heterocycles. The first-order chi connectivity index (χ1) is 8.58. The Labute approximate surface area is 105 Å². The number of methoxy groups -OCH3 is 1. The average molecular weight is 270 g/mol. The van der Waals surface area contributed by atoms with Crippen LogP contribution in [-0.2, 0) is 4.74 Å². The third-order valence-corrected chi connectivity index (χ3v) is 2.77. The first kappa shape index (κ1) is 12.4. The van der Waals surface area contributed by atoms with Crippen LogP contribution in [-0.4, -0.2) is 18.1 Å². The molecule has 0 aliphatic heterocycles. The van der Waals surface area contributed by atoms with Crippen LogP contribution < -0.4 is 5.32 Å². The van der Waals surface area contributed by atoms with Gasteiger partial charge >= 0.3 is 5.97 Å². The number of hydrogen-bond donors (Lipinski definition) is 1. The van der Waals surface area contributed by atoms with Crippen LogP contribution in [0.4, 0.5) is 19.6 Å². The molecule has 1 heterocycles. The van der Waals surface area contributed by atoms with Gasteiger partial charge in [-0.15, -0.1) is 11.3 Å². The Kier molecular flexibility index (Phi) is 3.52. The number of esters is 1. The van der Waals surface area contributed by atoms with Crippen LogP contribution in [0.1, 0.15) is 10.5 Å². The molecule has 2 aromatic rings. The van der Waals surface area contributed by atoms with Crippen LogP contribution in [0, 0.1) is 11.6 Å². The first-order valence-corrected chi connectivity index (χ1v) is 5.73. The predicted octanol–water partition coefficient (Wildman–Crippen LogP) is 2.95. The van der Waals surface area contributed by atoms with Crippen LogP contribution in [0.5, 0.6) is 0 Å². The number of anilines is 2. The van der Waals surface area contributed by atoms with Gasteiger partial charge in [0.05, 0.1) is 7.11 Å². The van der Waals surface area contributed by atoms with Gasteiger partial charge < -0.3 is 10.1 Å². The molecule has 0 saturated heterocycles. The summed E-state index contributed by atoms with van der Waals surface area (Å²) < 4.78 is 30.4. The van der Waals surface area contributed by atoms with Gasteiger partial charge in [-0.1, -0.05) is 0 Å². The molecule has 0 amide bonds. The van der Waals surface area contributed by atoms with Gasteiger partial charge in [0.25, 0.3) is 0 Å². The van der Waals surface area contributed by atoms with Gasteiger partial charge in [-0.25, -0.2) is 18.6 Å². The molecule has 0 saturated carbocycles. The largest absolute Gasteiger partial charge is 0.464 e. The maximum atomic E-state index is 12.9. The molecule has 0 atom stereocenters. The van der Waals surface area contributed by atoms with E-state index in [1.807, 2.05) is 0 Å². The summed E-state index contributed by atoms with van der Waals surface area (Å²) in [5.74, 6) is -1.95. The molecule has 0 radical (unpaired) electrons. The van der Waals surface area contributed by atoms with E-state index in [-0.39, 0.29) is 11.4 Å². The monoisotopic (exact) mass is 270 g/mol. The lowest BCUT2D eigenvalue weighted by Crippen LogP contribution is -2.01. The number of nitrogens with zero attached hydrogens (tertiary/aromatic N) is 1. The fourth-order valence-corrected chi connectivity index (χ4v) is 1.98. The molecule has 2 rings (SSSR count). The summed E-state index contributed by atoms with van der Waals surface area (Å²) in [6.07, 6.45) is 0. The highest BCUT2D eigenvalue weighted by molar-refractivity contribution is 7.14. The number of hydrogen-bond acceptors (Lipinski definition) is 5. The Bertz CT molecular complexity index is 566. The number of aromatic nitrogens is 1. The molecular formula is C11H8F2N2O2S. The number of halogens is 2. The fraction of sp³-hybridized carbons (Fsp3) is 0.0909. The number of nitrogens with one attached hydrogen (secondary N) is 1. The number of carbonyl (C=O) groups excluding carboxylic acids is 1. The van der Waals surface area contributed by atoms with Gasteiger partial charge in [0, 0.05) is 17.1 Å². The van der Waals surface area contributed by atoms with E-state index in [9.17, 15) is 13.6 Å². The molecule has 0 unspecified atom stereocenters. The highest BCUT2D eigenvalue weighted by atomic mass is 32.1. The Balaban J connectivity index is 2.18. The zero-order valence-electron chi connectivity index (χ0n) is 9.24. The standard InChI is InChI=1S/C11H8F2N2O2S/c1-17-10(16)9-5-18-11(15-9)14-8-3-6(12)2-7(13)4-8/h2-5H,1H3,(H,14,15). The molecule has 0 bridgehead atoms. The van der Waals surface area contributed by atoms with Gasteiger partial charge in [-0.05, 0) is 12.1 Å². The van der Waals surface area contributed by atoms with E-state index < -0.39 is 17.6 Å². The number of thiazole rings is 1.